The summed E-state index contributed by atoms with van der Waals surface area (Å²) in [5, 5.41) is 20.7. The molecule has 0 aromatic carbocycles. The molecule has 0 saturated carbocycles. The van der Waals surface area contributed by atoms with Crippen LogP contribution < -0.4 is 40.0 Å². The van der Waals surface area contributed by atoms with Crippen LogP contribution in [-0.2, 0) is 59.8 Å². The second-order valence-electron chi connectivity index (χ2n) is 17.1. The number of aliphatic hydroxyl groups is 2. The van der Waals surface area contributed by atoms with Gasteiger partial charge < -0.3 is 66.8 Å². The standard InChI is InChI=1S/C37H49N14O21P3/c38-25-1-4-48(35(54)45-25)28-7-17(53)22(67-28)12-63-73(57,58)71-19-9-29(49-5-2-26(39)46-36(49)55)69-24(19)14-65-75(61,62)72-20-10-30(50-6-3-27(40)47-37(50)56)68-23(20)13-64-74(59,60)70-18-8-31(66-21(18)11-52)51-16-44-32-33(41)42-15-43-34(32)51/h1-6,15-24,28-31,52-53H,7-14H2,(H,57,58)(H,59,60)(H,61,62)(H2,38,45,54)(H2,39,46,55)(H2,40,47,56)(H2,41,42,43)/t17-,18-,19-,20-,21+,22+,23+,24+,28+,29+,30+,31+/m0/s1. The summed E-state index contributed by atoms with van der Waals surface area (Å²) < 4.78 is 101. The zero-order chi connectivity index (χ0) is 53.6. The van der Waals surface area contributed by atoms with Crippen molar-refractivity contribution in [1.29, 1.82) is 0 Å². The van der Waals surface area contributed by atoms with E-state index in [1.54, 1.807) is 0 Å². The third kappa shape index (κ3) is 12.5. The molecule has 13 N–H and O–H groups in total. The lowest BCUT2D eigenvalue weighted by Gasteiger charge is -2.25. The van der Waals surface area contributed by atoms with Gasteiger partial charge in [-0.2, -0.15) is 15.0 Å². The number of ether oxygens (including phenoxy) is 4. The van der Waals surface area contributed by atoms with Crippen LogP contribution in [0.15, 0.2) is 63.8 Å². The number of rotatable bonds is 20. The van der Waals surface area contributed by atoms with Crippen LogP contribution in [0.2, 0.25) is 0 Å². The van der Waals surface area contributed by atoms with Gasteiger partial charge in [-0.05, 0) is 18.2 Å². The van der Waals surface area contributed by atoms with Crippen LogP contribution in [0.3, 0.4) is 0 Å². The van der Waals surface area contributed by atoms with Gasteiger partial charge in [0.05, 0.1) is 38.9 Å². The molecule has 0 radical (unpaired) electrons. The molecule has 4 saturated heterocycles. The Morgan fingerprint density at radius 2 is 0.947 bits per heavy atom. The first-order chi connectivity index (χ1) is 35.5. The molecule has 35 nitrogen and oxygen atoms in total. The van der Waals surface area contributed by atoms with Gasteiger partial charge in [-0.3, -0.25) is 45.4 Å². The van der Waals surface area contributed by atoms with E-state index in [0.29, 0.717) is 0 Å². The average Bonchev–Trinajstić information content (AvgIpc) is 4.18. The quantitative estimate of drug-likeness (QED) is 0.0378. The van der Waals surface area contributed by atoms with E-state index in [1.165, 1.54) is 54.0 Å². The highest BCUT2D eigenvalue weighted by Gasteiger charge is 2.48. The first-order valence-electron chi connectivity index (χ1n) is 22.4. The Kier molecular flexibility index (Phi) is 15.8. The number of imidazole rings is 1. The zero-order valence-corrected chi connectivity index (χ0v) is 41.3. The predicted octanol–water partition coefficient (Wildman–Crippen LogP) is -2.06. The number of aliphatic hydroxyl groups excluding tert-OH is 2. The minimum atomic E-state index is -5.34. The Morgan fingerprint density at radius 3 is 1.39 bits per heavy atom. The molecule has 9 heterocycles. The van der Waals surface area contributed by atoms with Gasteiger partial charge in [-0.1, -0.05) is 0 Å². The maximum Gasteiger partial charge on any atom is 0.472 e. The minimum Gasteiger partial charge on any atom is -0.394 e. The summed E-state index contributed by atoms with van der Waals surface area (Å²) in [5.41, 5.74) is 20.7. The van der Waals surface area contributed by atoms with E-state index in [-0.39, 0.29) is 47.3 Å². The second kappa shape index (κ2) is 21.8. The van der Waals surface area contributed by atoms with Crippen molar-refractivity contribution in [3.63, 3.8) is 0 Å². The molecule has 4 fully saturated rings. The van der Waals surface area contributed by atoms with Crippen molar-refractivity contribution in [2.24, 2.45) is 0 Å². The number of anilines is 4. The Labute approximate surface area is 419 Å². The summed E-state index contributed by atoms with van der Waals surface area (Å²) in [6.07, 6.45) is -10.6. The summed E-state index contributed by atoms with van der Waals surface area (Å²) in [5.74, 6) is -0.260. The lowest BCUT2D eigenvalue weighted by molar-refractivity contribution is -0.0637. The monoisotopic (exact) mass is 1120 g/mol. The highest BCUT2D eigenvalue weighted by molar-refractivity contribution is 7.48. The Hall–Kier alpha value is -5.52. The fourth-order valence-electron chi connectivity index (χ4n) is 8.57. The molecule has 408 valence electrons. The van der Waals surface area contributed by atoms with E-state index in [4.69, 9.17) is 69.0 Å². The van der Waals surface area contributed by atoms with Gasteiger partial charge >= 0.3 is 40.5 Å². The molecule has 0 spiro atoms. The first kappa shape index (κ1) is 54.3. The maximum absolute atomic E-state index is 13.8. The Morgan fingerprint density at radius 1 is 0.560 bits per heavy atom. The van der Waals surface area contributed by atoms with Crippen LogP contribution in [-0.4, -0.2) is 148 Å². The van der Waals surface area contributed by atoms with Crippen molar-refractivity contribution < 1.29 is 84.7 Å². The lowest BCUT2D eigenvalue weighted by atomic mass is 10.2. The van der Waals surface area contributed by atoms with E-state index in [0.717, 1.165) is 13.7 Å². The molecule has 5 aromatic heterocycles. The molecule has 0 bridgehead atoms. The summed E-state index contributed by atoms with van der Waals surface area (Å²) in [7, 11) is -15.6. The molecule has 4 aliphatic rings. The molecule has 0 amide bonds. The number of nitrogens with zero attached hydrogens (tertiary/aromatic N) is 10. The normalized spacial score (nSPS) is 30.4. The SMILES string of the molecule is Nc1ccn([C@H]2C[C@H](OP(=O)(O)OC[C@H]3O[C@@H](n4ccc(N)nc4=O)C[C@@H]3O)[C@@H](COP(=O)(O)O[C@H]3C[C@H](n4ccc(N)nc4=O)O[C@@H]3COP(=O)(O)O[C@H]3C[C@H](n4cnc5c(N)ncnc54)O[C@@H]3CO)O2)c(=O)n1. The molecule has 4 aliphatic heterocycles. The van der Waals surface area contributed by atoms with Crippen molar-refractivity contribution in [3.8, 4) is 0 Å². The van der Waals surface area contributed by atoms with Gasteiger partial charge in [0, 0.05) is 44.3 Å². The molecule has 15 atom stereocenters. The zero-order valence-electron chi connectivity index (χ0n) is 38.6. The minimum absolute atomic E-state index is 0.0559. The van der Waals surface area contributed by atoms with Crippen molar-refractivity contribution in [1.82, 2.24) is 48.2 Å². The number of aromatic nitrogens is 10. The van der Waals surface area contributed by atoms with Crippen LogP contribution in [0.25, 0.3) is 11.2 Å². The number of hydrogen-bond acceptors (Lipinski definition) is 28. The van der Waals surface area contributed by atoms with Crippen LogP contribution >= 0.6 is 23.5 Å². The highest BCUT2D eigenvalue weighted by Crippen LogP contribution is 2.53. The van der Waals surface area contributed by atoms with Crippen LogP contribution in [0.5, 0.6) is 0 Å². The van der Waals surface area contributed by atoms with Crippen molar-refractivity contribution in [2.75, 3.05) is 49.4 Å². The molecule has 9 rings (SSSR count). The fraction of sp³-hybridized carbons (Fsp3) is 0.541. The fourth-order valence-corrected chi connectivity index (χ4v) is 11.5. The van der Waals surface area contributed by atoms with Gasteiger partial charge in [0.25, 0.3) is 0 Å². The summed E-state index contributed by atoms with van der Waals surface area (Å²) >= 11 is 0. The number of hydrogen-bond donors (Lipinski definition) is 9. The van der Waals surface area contributed by atoms with Crippen molar-refractivity contribution in [3.05, 3.63) is 80.9 Å². The Bertz CT molecular complexity index is 3220. The summed E-state index contributed by atoms with van der Waals surface area (Å²) in [4.78, 5) is 94.1. The summed E-state index contributed by atoms with van der Waals surface area (Å²) in [6.45, 7) is -3.25. The molecule has 75 heavy (non-hydrogen) atoms. The third-order valence-corrected chi connectivity index (χ3v) is 15.2. The van der Waals surface area contributed by atoms with Crippen LogP contribution in [0.1, 0.15) is 50.6 Å². The number of nitrogens with two attached hydrogens (primary N) is 4. The highest BCUT2D eigenvalue weighted by atomic mass is 31.2. The molecule has 3 unspecified atom stereocenters. The van der Waals surface area contributed by atoms with Gasteiger partial charge in [0.2, 0.25) is 0 Å². The smallest absolute Gasteiger partial charge is 0.394 e. The number of nitrogen functional groups attached to an aromatic ring is 4. The molecule has 5 aromatic rings. The predicted molar refractivity (Wildman–Crippen MR) is 248 cm³/mol. The molecular weight excluding hydrogens is 1070 g/mol. The van der Waals surface area contributed by atoms with E-state index in [2.05, 4.69) is 29.9 Å². The average molecular weight is 1120 g/mol. The largest absolute Gasteiger partial charge is 0.472 e. The number of phosphoric ester groups is 3. The van der Waals surface area contributed by atoms with E-state index in [9.17, 15) is 53.0 Å². The second-order valence-corrected chi connectivity index (χ2v) is 21.4. The van der Waals surface area contributed by atoms with Crippen molar-refractivity contribution >= 4 is 57.9 Å². The van der Waals surface area contributed by atoms with E-state index < -0.39 is 154 Å². The third-order valence-electron chi connectivity index (χ3n) is 12.1. The van der Waals surface area contributed by atoms with Crippen molar-refractivity contribution in [2.45, 2.75) is 99.4 Å². The van der Waals surface area contributed by atoms with Crippen LogP contribution in [0, 0.1) is 0 Å². The number of fused-ring (bicyclic) bond motifs is 1. The van der Waals surface area contributed by atoms with Gasteiger partial charge in [0.1, 0.15) is 96.9 Å². The Balaban J connectivity index is 0.867. The first-order valence-corrected chi connectivity index (χ1v) is 26.9. The van der Waals surface area contributed by atoms with Gasteiger partial charge in [-0.15, -0.1) is 0 Å². The number of phosphoric acid groups is 3. The lowest BCUT2D eigenvalue weighted by Crippen LogP contribution is -2.31. The van der Waals surface area contributed by atoms with Crippen LogP contribution in [0.4, 0.5) is 23.3 Å². The van der Waals surface area contributed by atoms with Gasteiger partial charge in [-0.25, -0.2) is 43.0 Å². The molecule has 38 heteroatoms. The topological polar surface area (TPSA) is 497 Å². The van der Waals surface area contributed by atoms with E-state index in [1.807, 2.05) is 0 Å². The maximum atomic E-state index is 13.8. The summed E-state index contributed by atoms with van der Waals surface area (Å²) in [6, 6.07) is 3.84. The molecular formula is C37H49N14O21P3. The van der Waals surface area contributed by atoms with Gasteiger partial charge in [0.15, 0.2) is 11.5 Å². The van der Waals surface area contributed by atoms with E-state index >= 15 is 0 Å². The molecule has 0 aliphatic carbocycles.